The molecule has 0 bridgehead atoms. The number of nitrogens with zero attached hydrogens (tertiary/aromatic N) is 3. The van der Waals surface area contributed by atoms with Crippen LogP contribution in [0.3, 0.4) is 0 Å². The molecular formula is C16H16N4O. The van der Waals surface area contributed by atoms with Gasteiger partial charge >= 0.3 is 0 Å². The van der Waals surface area contributed by atoms with Crippen LogP contribution in [0, 0.1) is 11.8 Å². The average molecular weight is 280 g/mol. The Balaban J connectivity index is 2.20. The van der Waals surface area contributed by atoms with Crippen molar-refractivity contribution in [1.29, 1.82) is 0 Å². The summed E-state index contributed by atoms with van der Waals surface area (Å²) in [6.45, 7) is 0.753. The molecule has 2 N–H and O–H groups in total. The van der Waals surface area contributed by atoms with E-state index in [-0.39, 0.29) is 12.5 Å². The Kier molecular flexibility index (Phi) is 5.02. The van der Waals surface area contributed by atoms with Gasteiger partial charge in [-0.15, -0.1) is 0 Å². The van der Waals surface area contributed by atoms with Crippen molar-refractivity contribution in [2.24, 2.45) is 5.73 Å². The third-order valence-corrected chi connectivity index (χ3v) is 2.89. The maximum Gasteiger partial charge on any atom is 0.255 e. The van der Waals surface area contributed by atoms with E-state index >= 15 is 0 Å². The van der Waals surface area contributed by atoms with E-state index < -0.39 is 0 Å². The van der Waals surface area contributed by atoms with E-state index in [1.165, 1.54) is 0 Å². The van der Waals surface area contributed by atoms with Crippen molar-refractivity contribution in [3.63, 3.8) is 0 Å². The molecule has 2 aromatic rings. The van der Waals surface area contributed by atoms with E-state index in [0.717, 1.165) is 5.56 Å². The van der Waals surface area contributed by atoms with E-state index in [2.05, 4.69) is 21.8 Å². The summed E-state index contributed by atoms with van der Waals surface area (Å²) >= 11 is 0. The van der Waals surface area contributed by atoms with Gasteiger partial charge in [0, 0.05) is 38.4 Å². The van der Waals surface area contributed by atoms with Gasteiger partial charge < -0.3 is 10.6 Å². The van der Waals surface area contributed by atoms with E-state index in [9.17, 15) is 4.79 Å². The lowest BCUT2D eigenvalue weighted by Gasteiger charge is -2.17. The summed E-state index contributed by atoms with van der Waals surface area (Å²) in [5, 5.41) is 0. The fourth-order valence-corrected chi connectivity index (χ4v) is 1.87. The number of nitrogens with two attached hydrogens (primary N) is 1. The van der Waals surface area contributed by atoms with E-state index in [0.29, 0.717) is 17.7 Å². The molecule has 21 heavy (non-hydrogen) atoms. The molecule has 0 radical (unpaired) electrons. The van der Waals surface area contributed by atoms with Crippen molar-refractivity contribution in [2.45, 2.75) is 6.54 Å². The van der Waals surface area contributed by atoms with Gasteiger partial charge in [0.05, 0.1) is 17.7 Å². The van der Waals surface area contributed by atoms with E-state index in [1.54, 1.807) is 42.8 Å². The van der Waals surface area contributed by atoms with Crippen LogP contribution in [0.15, 0.2) is 43.0 Å². The minimum absolute atomic E-state index is 0.101. The average Bonchev–Trinajstić information content (AvgIpc) is 2.53. The molecule has 0 unspecified atom stereocenters. The number of aromatic nitrogens is 2. The molecule has 0 saturated carbocycles. The highest BCUT2D eigenvalue weighted by atomic mass is 16.2. The lowest BCUT2D eigenvalue weighted by Crippen LogP contribution is -2.27. The summed E-state index contributed by atoms with van der Waals surface area (Å²) in [7, 11) is 1.75. The van der Waals surface area contributed by atoms with Crippen molar-refractivity contribution < 1.29 is 4.79 Å². The number of rotatable bonds is 3. The molecule has 0 aliphatic heterocycles. The van der Waals surface area contributed by atoms with Gasteiger partial charge in [0.1, 0.15) is 0 Å². The van der Waals surface area contributed by atoms with Crippen LogP contribution < -0.4 is 5.73 Å². The summed E-state index contributed by atoms with van der Waals surface area (Å²) in [4.78, 5) is 22.1. The quantitative estimate of drug-likeness (QED) is 0.853. The largest absolute Gasteiger partial charge is 0.337 e. The number of hydrogen-bond donors (Lipinski definition) is 1. The van der Waals surface area contributed by atoms with Crippen molar-refractivity contribution in [3.05, 3.63) is 59.7 Å². The molecule has 2 heterocycles. The second-order valence-corrected chi connectivity index (χ2v) is 4.44. The molecule has 0 aliphatic carbocycles. The number of hydrogen-bond acceptors (Lipinski definition) is 4. The lowest BCUT2D eigenvalue weighted by molar-refractivity contribution is 0.0784. The topological polar surface area (TPSA) is 72.1 Å². The van der Waals surface area contributed by atoms with Crippen molar-refractivity contribution >= 4 is 5.91 Å². The number of pyridine rings is 2. The molecule has 0 aliphatic rings. The predicted octanol–water partition coefficient (Wildman–Crippen LogP) is 1.06. The first-order valence-electron chi connectivity index (χ1n) is 6.49. The Morgan fingerprint density at radius 2 is 1.95 bits per heavy atom. The van der Waals surface area contributed by atoms with E-state index in [4.69, 9.17) is 5.73 Å². The fraction of sp³-hybridized carbons (Fsp3) is 0.188. The van der Waals surface area contributed by atoms with Gasteiger partial charge in [-0.05, 0) is 23.8 Å². The smallest absolute Gasteiger partial charge is 0.255 e. The first kappa shape index (κ1) is 14.7. The minimum Gasteiger partial charge on any atom is -0.337 e. The van der Waals surface area contributed by atoms with Gasteiger partial charge in [-0.3, -0.25) is 14.8 Å². The summed E-state index contributed by atoms with van der Waals surface area (Å²) in [5.41, 5.74) is 7.51. The van der Waals surface area contributed by atoms with Crippen LogP contribution in [-0.2, 0) is 6.54 Å². The monoisotopic (exact) mass is 280 g/mol. The van der Waals surface area contributed by atoms with Crippen LogP contribution in [0.1, 0.15) is 21.5 Å². The molecule has 0 fully saturated rings. The van der Waals surface area contributed by atoms with Crippen LogP contribution in [0.4, 0.5) is 0 Å². The Labute approximate surface area is 123 Å². The van der Waals surface area contributed by atoms with Crippen LogP contribution in [0.2, 0.25) is 0 Å². The second-order valence-electron chi connectivity index (χ2n) is 4.44. The Hall–Kier alpha value is -2.71. The number of amides is 1. The van der Waals surface area contributed by atoms with Crippen LogP contribution in [-0.4, -0.2) is 34.4 Å². The van der Waals surface area contributed by atoms with Gasteiger partial charge in [0.2, 0.25) is 0 Å². The van der Waals surface area contributed by atoms with Crippen LogP contribution >= 0.6 is 0 Å². The van der Waals surface area contributed by atoms with Gasteiger partial charge in [-0.2, -0.15) is 0 Å². The number of carbonyl (C=O) groups is 1. The first-order valence-corrected chi connectivity index (χ1v) is 6.49. The summed E-state index contributed by atoms with van der Waals surface area (Å²) < 4.78 is 0. The lowest BCUT2D eigenvalue weighted by atomic mass is 10.1. The maximum absolute atomic E-state index is 12.5. The molecule has 2 rings (SSSR count). The molecule has 0 spiro atoms. The molecule has 5 heteroatoms. The third-order valence-electron chi connectivity index (χ3n) is 2.89. The molecule has 5 nitrogen and oxygen atoms in total. The normalized spacial score (nSPS) is 9.62. The second kappa shape index (κ2) is 7.17. The zero-order valence-corrected chi connectivity index (χ0v) is 11.8. The molecule has 0 saturated heterocycles. The SMILES string of the molecule is CN(Cc1ccncc1)C(=O)c1ccncc1C#CCN. The highest BCUT2D eigenvalue weighted by Crippen LogP contribution is 2.11. The molecule has 0 atom stereocenters. The zero-order valence-electron chi connectivity index (χ0n) is 11.8. The van der Waals surface area contributed by atoms with Crippen molar-refractivity contribution in [2.75, 3.05) is 13.6 Å². The summed E-state index contributed by atoms with van der Waals surface area (Å²) in [6.07, 6.45) is 6.58. The van der Waals surface area contributed by atoms with Gasteiger partial charge in [0.25, 0.3) is 5.91 Å². The standard InChI is InChI=1S/C16H16N4O/c1-20(12-13-4-8-18-9-5-13)16(21)15-6-10-19-11-14(15)3-2-7-17/h4-6,8-11H,7,12,17H2,1H3. The van der Waals surface area contributed by atoms with Crippen molar-refractivity contribution in [3.8, 4) is 11.8 Å². The highest BCUT2D eigenvalue weighted by Gasteiger charge is 2.15. The van der Waals surface area contributed by atoms with Gasteiger partial charge in [0.15, 0.2) is 0 Å². The first-order chi connectivity index (χ1) is 10.2. The maximum atomic E-state index is 12.5. The van der Waals surface area contributed by atoms with Gasteiger partial charge in [-0.1, -0.05) is 11.8 Å². The molecule has 106 valence electrons. The third kappa shape index (κ3) is 3.88. The minimum atomic E-state index is -0.101. The number of carbonyl (C=O) groups excluding carboxylic acids is 1. The van der Waals surface area contributed by atoms with E-state index in [1.807, 2.05) is 12.1 Å². The molecule has 1 amide bonds. The van der Waals surface area contributed by atoms with Crippen LogP contribution in [0.5, 0.6) is 0 Å². The molecule has 0 aromatic carbocycles. The summed E-state index contributed by atoms with van der Waals surface area (Å²) in [6, 6.07) is 5.43. The zero-order chi connectivity index (χ0) is 15.1. The Morgan fingerprint density at radius 1 is 1.24 bits per heavy atom. The Bertz CT molecular complexity index is 673. The van der Waals surface area contributed by atoms with Gasteiger partial charge in [-0.25, -0.2) is 0 Å². The summed E-state index contributed by atoms with van der Waals surface area (Å²) in [5.74, 6) is 5.52. The highest BCUT2D eigenvalue weighted by molar-refractivity contribution is 5.96. The molecule has 2 aromatic heterocycles. The Morgan fingerprint density at radius 3 is 2.67 bits per heavy atom. The van der Waals surface area contributed by atoms with Crippen molar-refractivity contribution in [1.82, 2.24) is 14.9 Å². The fourth-order valence-electron chi connectivity index (χ4n) is 1.87. The predicted molar refractivity (Wildman–Crippen MR) is 80.2 cm³/mol. The van der Waals surface area contributed by atoms with Crippen LogP contribution in [0.25, 0.3) is 0 Å². The molecular weight excluding hydrogens is 264 g/mol.